The molecule has 2 N–H and O–H groups in total. The Labute approximate surface area is 173 Å². The number of anilines is 1. The summed E-state index contributed by atoms with van der Waals surface area (Å²) in [6, 6.07) is 6.99. The Bertz CT molecular complexity index is 961. The SMILES string of the molecule is CCCNc1nc(SCC)nc2c1cnn2CCNC(=O)c1ccccc1Cl. The van der Waals surface area contributed by atoms with Crippen LogP contribution in [-0.4, -0.2) is 44.5 Å². The smallest absolute Gasteiger partial charge is 0.252 e. The van der Waals surface area contributed by atoms with E-state index < -0.39 is 0 Å². The summed E-state index contributed by atoms with van der Waals surface area (Å²) < 4.78 is 1.79. The molecule has 1 aromatic carbocycles. The molecule has 2 aromatic heterocycles. The van der Waals surface area contributed by atoms with Crippen molar-refractivity contribution in [1.82, 2.24) is 25.1 Å². The molecule has 0 aliphatic carbocycles. The van der Waals surface area contributed by atoms with Crippen molar-refractivity contribution in [3.05, 3.63) is 41.0 Å². The molecule has 0 fully saturated rings. The third-order valence-corrected chi connectivity index (χ3v) is 5.08. The van der Waals surface area contributed by atoms with Crippen molar-refractivity contribution in [2.45, 2.75) is 32.0 Å². The van der Waals surface area contributed by atoms with Gasteiger partial charge in [-0.1, -0.05) is 49.3 Å². The quantitative estimate of drug-likeness (QED) is 0.405. The van der Waals surface area contributed by atoms with Gasteiger partial charge in [-0.25, -0.2) is 14.6 Å². The minimum Gasteiger partial charge on any atom is -0.369 e. The number of amides is 1. The first-order valence-electron chi connectivity index (χ1n) is 9.27. The van der Waals surface area contributed by atoms with Crippen LogP contribution >= 0.6 is 23.4 Å². The van der Waals surface area contributed by atoms with E-state index in [1.807, 2.05) is 0 Å². The predicted molar refractivity (Wildman–Crippen MR) is 114 cm³/mol. The molecule has 1 amide bonds. The fourth-order valence-electron chi connectivity index (χ4n) is 2.69. The summed E-state index contributed by atoms with van der Waals surface area (Å²) in [5.41, 5.74) is 1.22. The van der Waals surface area contributed by atoms with Crippen molar-refractivity contribution in [2.24, 2.45) is 0 Å². The fraction of sp³-hybridized carbons (Fsp3) is 0.368. The van der Waals surface area contributed by atoms with Crippen LogP contribution in [0, 0.1) is 0 Å². The number of fused-ring (bicyclic) bond motifs is 1. The fourth-order valence-corrected chi connectivity index (χ4v) is 3.47. The van der Waals surface area contributed by atoms with Crippen molar-refractivity contribution >= 4 is 46.1 Å². The zero-order chi connectivity index (χ0) is 19.9. The summed E-state index contributed by atoms with van der Waals surface area (Å²) in [4.78, 5) is 21.5. The minimum absolute atomic E-state index is 0.204. The van der Waals surface area contributed by atoms with E-state index in [1.165, 1.54) is 0 Å². The second kappa shape index (κ2) is 9.75. The first-order chi connectivity index (χ1) is 13.6. The topological polar surface area (TPSA) is 84.7 Å². The molecular formula is C19H23ClN6OS. The molecule has 7 nitrogen and oxygen atoms in total. The average molecular weight is 419 g/mol. The van der Waals surface area contributed by atoms with Gasteiger partial charge in [0.15, 0.2) is 10.8 Å². The zero-order valence-corrected chi connectivity index (χ0v) is 17.5. The first kappa shape index (κ1) is 20.4. The lowest BCUT2D eigenvalue weighted by molar-refractivity contribution is 0.0952. The van der Waals surface area contributed by atoms with Gasteiger partial charge in [-0.15, -0.1) is 0 Å². The van der Waals surface area contributed by atoms with E-state index >= 15 is 0 Å². The maximum absolute atomic E-state index is 12.3. The number of hydrogen-bond acceptors (Lipinski definition) is 6. The van der Waals surface area contributed by atoms with E-state index in [1.54, 1.807) is 46.9 Å². The van der Waals surface area contributed by atoms with Gasteiger partial charge in [-0.3, -0.25) is 4.79 Å². The lowest BCUT2D eigenvalue weighted by atomic mass is 10.2. The van der Waals surface area contributed by atoms with Crippen molar-refractivity contribution in [3.63, 3.8) is 0 Å². The molecule has 0 saturated carbocycles. The molecule has 0 saturated heterocycles. The second-order valence-electron chi connectivity index (χ2n) is 6.06. The van der Waals surface area contributed by atoms with Crippen molar-refractivity contribution in [3.8, 4) is 0 Å². The number of aromatic nitrogens is 4. The van der Waals surface area contributed by atoms with Gasteiger partial charge in [0.05, 0.1) is 28.7 Å². The van der Waals surface area contributed by atoms with Crippen LogP contribution in [-0.2, 0) is 6.54 Å². The van der Waals surface area contributed by atoms with E-state index in [4.69, 9.17) is 11.6 Å². The van der Waals surface area contributed by atoms with Crippen molar-refractivity contribution in [1.29, 1.82) is 0 Å². The summed E-state index contributed by atoms with van der Waals surface area (Å²) in [6.07, 6.45) is 2.77. The van der Waals surface area contributed by atoms with Crippen LogP contribution in [0.2, 0.25) is 5.02 Å². The second-order valence-corrected chi connectivity index (χ2v) is 7.69. The molecule has 3 aromatic rings. The molecule has 3 rings (SSSR count). The van der Waals surface area contributed by atoms with E-state index in [0.29, 0.717) is 23.7 Å². The summed E-state index contributed by atoms with van der Waals surface area (Å²) in [7, 11) is 0. The van der Waals surface area contributed by atoms with E-state index in [-0.39, 0.29) is 5.91 Å². The Kier molecular flexibility index (Phi) is 7.11. The van der Waals surface area contributed by atoms with Crippen molar-refractivity contribution < 1.29 is 4.79 Å². The summed E-state index contributed by atoms with van der Waals surface area (Å²) in [5.74, 6) is 1.49. The molecular weight excluding hydrogens is 396 g/mol. The highest BCUT2D eigenvalue weighted by molar-refractivity contribution is 7.99. The summed E-state index contributed by atoms with van der Waals surface area (Å²) >= 11 is 7.67. The van der Waals surface area contributed by atoms with Crippen LogP contribution in [0.3, 0.4) is 0 Å². The number of benzene rings is 1. The van der Waals surface area contributed by atoms with Crippen LogP contribution in [0.4, 0.5) is 5.82 Å². The predicted octanol–water partition coefficient (Wildman–Crippen LogP) is 3.84. The third-order valence-electron chi connectivity index (χ3n) is 4.02. The molecule has 28 heavy (non-hydrogen) atoms. The number of carbonyl (C=O) groups is 1. The van der Waals surface area contributed by atoms with Gasteiger partial charge in [0.2, 0.25) is 0 Å². The number of thioether (sulfide) groups is 1. The maximum atomic E-state index is 12.3. The molecule has 0 aliphatic heterocycles. The Hall–Kier alpha value is -2.32. The molecule has 0 radical (unpaired) electrons. The van der Waals surface area contributed by atoms with Gasteiger partial charge in [-0.2, -0.15) is 5.10 Å². The Balaban J connectivity index is 1.75. The molecule has 148 valence electrons. The van der Waals surface area contributed by atoms with Gasteiger partial charge in [-0.05, 0) is 24.3 Å². The molecule has 0 bridgehead atoms. The number of rotatable bonds is 9. The number of halogens is 1. The van der Waals surface area contributed by atoms with Gasteiger partial charge in [0, 0.05) is 13.1 Å². The van der Waals surface area contributed by atoms with Crippen LogP contribution in [0.5, 0.6) is 0 Å². The number of nitrogens with one attached hydrogen (secondary N) is 2. The van der Waals surface area contributed by atoms with Crippen molar-refractivity contribution in [2.75, 3.05) is 24.2 Å². The Morgan fingerprint density at radius 2 is 2.04 bits per heavy atom. The summed E-state index contributed by atoms with van der Waals surface area (Å²) in [5, 5.41) is 12.7. The molecule has 0 unspecified atom stereocenters. The van der Waals surface area contributed by atoms with Crippen LogP contribution < -0.4 is 10.6 Å². The normalized spacial score (nSPS) is 11.0. The highest BCUT2D eigenvalue weighted by Crippen LogP contribution is 2.24. The average Bonchev–Trinajstić information content (AvgIpc) is 3.10. The molecule has 0 spiro atoms. The Morgan fingerprint density at radius 1 is 1.21 bits per heavy atom. The number of carbonyl (C=O) groups excluding carboxylic acids is 1. The van der Waals surface area contributed by atoms with Crippen LogP contribution in [0.1, 0.15) is 30.6 Å². The van der Waals surface area contributed by atoms with Crippen LogP contribution in [0.25, 0.3) is 11.0 Å². The number of hydrogen-bond donors (Lipinski definition) is 2. The monoisotopic (exact) mass is 418 g/mol. The molecule has 0 atom stereocenters. The largest absolute Gasteiger partial charge is 0.369 e. The highest BCUT2D eigenvalue weighted by Gasteiger charge is 2.14. The van der Waals surface area contributed by atoms with Gasteiger partial charge < -0.3 is 10.6 Å². The first-order valence-corrected chi connectivity index (χ1v) is 10.6. The maximum Gasteiger partial charge on any atom is 0.252 e. The lowest BCUT2D eigenvalue weighted by Crippen LogP contribution is -2.27. The zero-order valence-electron chi connectivity index (χ0n) is 15.9. The lowest BCUT2D eigenvalue weighted by Gasteiger charge is -2.09. The van der Waals surface area contributed by atoms with Gasteiger partial charge in [0.25, 0.3) is 5.91 Å². The molecule has 0 aliphatic rings. The van der Waals surface area contributed by atoms with E-state index in [0.717, 1.165) is 40.7 Å². The van der Waals surface area contributed by atoms with Crippen LogP contribution in [0.15, 0.2) is 35.6 Å². The summed E-state index contributed by atoms with van der Waals surface area (Å²) in [6.45, 7) is 5.93. The van der Waals surface area contributed by atoms with Gasteiger partial charge >= 0.3 is 0 Å². The molecule has 9 heteroatoms. The number of nitrogens with zero attached hydrogens (tertiary/aromatic N) is 4. The third kappa shape index (κ3) is 4.74. The van der Waals surface area contributed by atoms with E-state index in [9.17, 15) is 4.79 Å². The van der Waals surface area contributed by atoms with E-state index in [2.05, 4.69) is 39.5 Å². The molecule has 2 heterocycles. The van der Waals surface area contributed by atoms with Gasteiger partial charge in [0.1, 0.15) is 5.82 Å². The minimum atomic E-state index is -0.204. The standard InChI is InChI=1S/C19H23ClN6OS/c1-3-9-21-16-14-12-23-26(17(14)25-19(24-16)28-4-2)11-10-22-18(27)13-7-5-6-8-15(13)20/h5-8,12H,3-4,9-11H2,1-2H3,(H,22,27)(H,21,24,25). The Morgan fingerprint density at radius 3 is 2.79 bits per heavy atom. The highest BCUT2D eigenvalue weighted by atomic mass is 35.5.